The van der Waals surface area contributed by atoms with Crippen molar-refractivity contribution in [1.29, 1.82) is 0 Å². The summed E-state index contributed by atoms with van der Waals surface area (Å²) in [7, 11) is 0. The van der Waals surface area contributed by atoms with Gasteiger partial charge in [-0.3, -0.25) is 0 Å². The summed E-state index contributed by atoms with van der Waals surface area (Å²) >= 11 is 9.38. The van der Waals surface area contributed by atoms with Gasteiger partial charge < -0.3 is 0 Å². The lowest BCUT2D eigenvalue weighted by atomic mass is 10.1. The van der Waals surface area contributed by atoms with Gasteiger partial charge in [-0.2, -0.15) is 0 Å². The van der Waals surface area contributed by atoms with Gasteiger partial charge in [0.25, 0.3) is 0 Å². The molecule has 0 bridgehead atoms. The van der Waals surface area contributed by atoms with Gasteiger partial charge in [0, 0.05) is 9.50 Å². The van der Waals surface area contributed by atoms with Gasteiger partial charge in [-0.15, -0.1) is 0 Å². The lowest BCUT2D eigenvalue weighted by Crippen LogP contribution is -1.88. The third-order valence-electron chi connectivity index (χ3n) is 2.27. The first kappa shape index (κ1) is 10.7. The Bertz CT molecular complexity index is 448. The molecule has 2 rings (SSSR count). The highest BCUT2D eigenvalue weighted by Gasteiger charge is 1.99. The van der Waals surface area contributed by atoms with Crippen LogP contribution in [0.15, 0.2) is 53.0 Å². The van der Waals surface area contributed by atoms with Crippen molar-refractivity contribution in [1.82, 2.24) is 0 Å². The Morgan fingerprint density at radius 1 is 0.933 bits per heavy atom. The molecule has 0 aliphatic carbocycles. The molecule has 0 radical (unpaired) electrons. The van der Waals surface area contributed by atoms with Crippen LogP contribution in [-0.4, -0.2) is 0 Å². The summed E-state index contributed by atoms with van der Waals surface area (Å²) < 4.78 is 1.15. The maximum Gasteiger partial charge on any atom is 0.0406 e. The van der Waals surface area contributed by atoms with E-state index in [4.69, 9.17) is 11.6 Å². The first-order chi connectivity index (χ1) is 7.25. The van der Waals surface area contributed by atoms with E-state index in [-0.39, 0.29) is 0 Å². The molecule has 0 atom stereocenters. The zero-order valence-electron chi connectivity index (χ0n) is 8.08. The molecule has 0 amide bonds. The van der Waals surface area contributed by atoms with Crippen LogP contribution < -0.4 is 0 Å². The Balaban J connectivity index is 2.22. The van der Waals surface area contributed by atoms with Crippen LogP contribution >= 0.6 is 27.5 Å². The van der Waals surface area contributed by atoms with E-state index in [1.54, 1.807) is 0 Å². The van der Waals surface area contributed by atoms with Crippen molar-refractivity contribution in [2.75, 3.05) is 0 Å². The maximum absolute atomic E-state index is 5.84. The minimum Gasteiger partial charge on any atom is -0.0843 e. The van der Waals surface area contributed by atoms with Crippen molar-refractivity contribution in [3.05, 3.63) is 69.2 Å². The largest absolute Gasteiger partial charge is 0.0843 e. The Labute approximate surface area is 103 Å². The van der Waals surface area contributed by atoms with Crippen molar-refractivity contribution in [3.63, 3.8) is 0 Å². The first-order valence-electron chi connectivity index (χ1n) is 4.73. The molecule has 76 valence electrons. The van der Waals surface area contributed by atoms with Gasteiger partial charge in [0.15, 0.2) is 0 Å². The Morgan fingerprint density at radius 3 is 2.27 bits per heavy atom. The molecular weight excluding hydrogens is 272 g/mol. The van der Waals surface area contributed by atoms with Crippen LogP contribution in [0.25, 0.3) is 0 Å². The van der Waals surface area contributed by atoms with E-state index in [1.165, 1.54) is 11.1 Å². The monoisotopic (exact) mass is 280 g/mol. The van der Waals surface area contributed by atoms with Crippen molar-refractivity contribution in [2.45, 2.75) is 6.42 Å². The van der Waals surface area contributed by atoms with Gasteiger partial charge in [0.05, 0.1) is 0 Å². The van der Waals surface area contributed by atoms with E-state index in [9.17, 15) is 0 Å². The standard InChI is InChI=1S/C13H10BrCl/c14-13-4-2-1-3-11(13)9-10-5-7-12(15)8-6-10/h1-8H,9H2. The van der Waals surface area contributed by atoms with Crippen LogP contribution in [0.3, 0.4) is 0 Å². The van der Waals surface area contributed by atoms with E-state index >= 15 is 0 Å². The third-order valence-corrected chi connectivity index (χ3v) is 3.29. The van der Waals surface area contributed by atoms with Crippen molar-refractivity contribution in [3.8, 4) is 0 Å². The smallest absolute Gasteiger partial charge is 0.0406 e. The molecule has 0 N–H and O–H groups in total. The van der Waals surface area contributed by atoms with Crippen LogP contribution in [0.4, 0.5) is 0 Å². The molecule has 0 aliphatic rings. The van der Waals surface area contributed by atoms with Crippen LogP contribution in [0, 0.1) is 0 Å². The molecule has 0 spiro atoms. The Morgan fingerprint density at radius 2 is 1.60 bits per heavy atom. The molecule has 0 aliphatic heterocycles. The highest BCUT2D eigenvalue weighted by Crippen LogP contribution is 2.20. The van der Waals surface area contributed by atoms with Gasteiger partial charge in [0.1, 0.15) is 0 Å². The van der Waals surface area contributed by atoms with Gasteiger partial charge in [-0.25, -0.2) is 0 Å². The maximum atomic E-state index is 5.84. The molecule has 0 aromatic heterocycles. The summed E-state index contributed by atoms with van der Waals surface area (Å²) in [5.74, 6) is 0. The Kier molecular flexibility index (Phi) is 3.45. The average Bonchev–Trinajstić information content (AvgIpc) is 2.25. The second-order valence-electron chi connectivity index (χ2n) is 3.39. The van der Waals surface area contributed by atoms with Gasteiger partial charge in [-0.1, -0.05) is 57.9 Å². The first-order valence-corrected chi connectivity index (χ1v) is 5.90. The normalized spacial score (nSPS) is 10.3. The molecular formula is C13H10BrCl. The van der Waals surface area contributed by atoms with E-state index < -0.39 is 0 Å². The van der Waals surface area contributed by atoms with Crippen LogP contribution in [0.5, 0.6) is 0 Å². The number of benzene rings is 2. The number of rotatable bonds is 2. The molecule has 2 aromatic carbocycles. The van der Waals surface area contributed by atoms with E-state index in [0.29, 0.717) is 0 Å². The van der Waals surface area contributed by atoms with Gasteiger partial charge in [-0.05, 0) is 35.7 Å². The molecule has 0 heterocycles. The third kappa shape index (κ3) is 2.83. The number of hydrogen-bond donors (Lipinski definition) is 0. The summed E-state index contributed by atoms with van der Waals surface area (Å²) in [6.45, 7) is 0. The SMILES string of the molecule is Clc1ccc(Cc2ccccc2Br)cc1. The number of hydrogen-bond acceptors (Lipinski definition) is 0. The second kappa shape index (κ2) is 4.82. The average molecular weight is 282 g/mol. The highest BCUT2D eigenvalue weighted by atomic mass is 79.9. The fraction of sp³-hybridized carbons (Fsp3) is 0.0769. The fourth-order valence-corrected chi connectivity index (χ4v) is 2.01. The van der Waals surface area contributed by atoms with Crippen molar-refractivity contribution >= 4 is 27.5 Å². The predicted molar refractivity (Wildman–Crippen MR) is 68.4 cm³/mol. The van der Waals surface area contributed by atoms with E-state index in [0.717, 1.165) is 15.9 Å². The summed E-state index contributed by atoms with van der Waals surface area (Å²) in [6.07, 6.45) is 0.929. The molecule has 0 unspecified atom stereocenters. The lowest BCUT2D eigenvalue weighted by molar-refractivity contribution is 1.18. The molecule has 2 heteroatoms. The van der Waals surface area contributed by atoms with Crippen molar-refractivity contribution < 1.29 is 0 Å². The predicted octanol–water partition coefficient (Wildman–Crippen LogP) is 4.69. The van der Waals surface area contributed by atoms with Gasteiger partial charge in [0.2, 0.25) is 0 Å². The second-order valence-corrected chi connectivity index (χ2v) is 4.69. The minimum absolute atomic E-state index is 0.783. The molecule has 0 nitrogen and oxygen atoms in total. The lowest BCUT2D eigenvalue weighted by Gasteiger charge is -2.04. The van der Waals surface area contributed by atoms with Gasteiger partial charge >= 0.3 is 0 Å². The Hall–Kier alpha value is -0.790. The van der Waals surface area contributed by atoms with E-state index in [1.807, 2.05) is 18.2 Å². The molecule has 2 aromatic rings. The fourth-order valence-electron chi connectivity index (χ4n) is 1.46. The van der Waals surface area contributed by atoms with Crippen molar-refractivity contribution in [2.24, 2.45) is 0 Å². The molecule has 0 saturated heterocycles. The van der Waals surface area contributed by atoms with Crippen LogP contribution in [-0.2, 0) is 6.42 Å². The summed E-state index contributed by atoms with van der Waals surface area (Å²) in [5.41, 5.74) is 2.56. The zero-order valence-corrected chi connectivity index (χ0v) is 10.4. The molecule has 0 saturated carbocycles. The minimum atomic E-state index is 0.783. The molecule has 15 heavy (non-hydrogen) atoms. The quantitative estimate of drug-likeness (QED) is 0.749. The highest BCUT2D eigenvalue weighted by molar-refractivity contribution is 9.10. The molecule has 0 fully saturated rings. The zero-order chi connectivity index (χ0) is 10.7. The summed E-state index contributed by atoms with van der Waals surface area (Å²) in [5, 5.41) is 0.783. The summed E-state index contributed by atoms with van der Waals surface area (Å²) in [6, 6.07) is 16.2. The van der Waals surface area contributed by atoms with Crippen LogP contribution in [0.1, 0.15) is 11.1 Å². The topological polar surface area (TPSA) is 0 Å². The van der Waals surface area contributed by atoms with E-state index in [2.05, 4.69) is 46.3 Å². The number of halogens is 2. The van der Waals surface area contributed by atoms with Crippen LogP contribution in [0.2, 0.25) is 5.02 Å². The summed E-state index contributed by atoms with van der Waals surface area (Å²) in [4.78, 5) is 0.